The quantitative estimate of drug-likeness (QED) is 0.420. The van der Waals surface area contributed by atoms with Gasteiger partial charge in [0.25, 0.3) is 0 Å². The lowest BCUT2D eigenvalue weighted by atomic mass is 10.1. The first kappa shape index (κ1) is 20.9. The number of benzene rings is 3. The number of hydrogen-bond donors (Lipinski definition) is 0. The van der Waals surface area contributed by atoms with Crippen molar-refractivity contribution in [3.63, 3.8) is 0 Å². The van der Waals surface area contributed by atoms with Gasteiger partial charge in [-0.3, -0.25) is 0 Å². The molecule has 0 fully saturated rings. The van der Waals surface area contributed by atoms with Crippen molar-refractivity contribution in [2.45, 2.75) is 33.5 Å². The molecule has 4 nitrogen and oxygen atoms in total. The number of ether oxygens (including phenoxy) is 4. The molecule has 3 aromatic carbocycles. The summed E-state index contributed by atoms with van der Waals surface area (Å²) in [6.45, 7) is 5.14. The highest BCUT2D eigenvalue weighted by atomic mass is 16.5. The van der Waals surface area contributed by atoms with E-state index in [4.69, 9.17) is 18.9 Å². The van der Waals surface area contributed by atoms with Gasteiger partial charge >= 0.3 is 0 Å². The maximum Gasteiger partial charge on any atom is 0.138 e. The molecule has 0 radical (unpaired) electrons. The molecule has 0 saturated heterocycles. The zero-order valence-corrected chi connectivity index (χ0v) is 17.5. The van der Waals surface area contributed by atoms with Gasteiger partial charge in [0.1, 0.15) is 23.0 Å². The second kappa shape index (κ2) is 10.1. The van der Waals surface area contributed by atoms with E-state index in [2.05, 4.69) is 38.1 Å². The maximum atomic E-state index is 6.22. The molecule has 0 saturated carbocycles. The first-order valence-corrected chi connectivity index (χ1v) is 9.78. The van der Waals surface area contributed by atoms with Gasteiger partial charge in [0.15, 0.2) is 0 Å². The molecule has 0 spiro atoms. The SMILES string of the molecule is CCc1ccc(Oc2ccc(Oc3c(COC)cc(C)cc3COC)cc2)cc1. The van der Waals surface area contributed by atoms with Crippen molar-refractivity contribution in [1.82, 2.24) is 0 Å². The van der Waals surface area contributed by atoms with Crippen LogP contribution in [0.15, 0.2) is 60.7 Å². The van der Waals surface area contributed by atoms with Crippen molar-refractivity contribution in [2.24, 2.45) is 0 Å². The van der Waals surface area contributed by atoms with Crippen molar-refractivity contribution in [1.29, 1.82) is 0 Å². The van der Waals surface area contributed by atoms with Gasteiger partial charge < -0.3 is 18.9 Å². The fraction of sp³-hybridized carbons (Fsp3) is 0.280. The summed E-state index contributed by atoms with van der Waals surface area (Å²) in [5.74, 6) is 3.10. The second-order valence-electron chi connectivity index (χ2n) is 6.95. The molecule has 0 aliphatic rings. The van der Waals surface area contributed by atoms with Crippen LogP contribution in [0.1, 0.15) is 29.2 Å². The van der Waals surface area contributed by atoms with E-state index in [-0.39, 0.29) is 0 Å². The van der Waals surface area contributed by atoms with E-state index in [0.717, 1.165) is 46.1 Å². The standard InChI is InChI=1S/C25H28O4/c1-5-19-6-8-22(9-7-19)28-23-10-12-24(13-11-23)29-25-20(16-26-3)14-18(2)15-21(25)17-27-4/h6-15H,5,16-17H2,1-4H3. The molecule has 3 aromatic rings. The fourth-order valence-corrected chi connectivity index (χ4v) is 3.21. The van der Waals surface area contributed by atoms with Gasteiger partial charge in [-0.05, 0) is 55.3 Å². The Morgan fingerprint density at radius 3 is 1.55 bits per heavy atom. The van der Waals surface area contributed by atoms with E-state index in [1.54, 1.807) is 14.2 Å². The third kappa shape index (κ3) is 5.59. The van der Waals surface area contributed by atoms with Gasteiger partial charge in [0.2, 0.25) is 0 Å². The summed E-state index contributed by atoms with van der Waals surface area (Å²) in [5, 5.41) is 0. The fourth-order valence-electron chi connectivity index (χ4n) is 3.21. The summed E-state index contributed by atoms with van der Waals surface area (Å²) in [6.07, 6.45) is 1.02. The van der Waals surface area contributed by atoms with Crippen molar-refractivity contribution in [3.8, 4) is 23.0 Å². The molecule has 0 aliphatic carbocycles. The molecule has 0 N–H and O–H groups in total. The summed E-state index contributed by atoms with van der Waals surface area (Å²) >= 11 is 0. The molecular formula is C25H28O4. The van der Waals surface area contributed by atoms with Crippen LogP contribution in [0.4, 0.5) is 0 Å². The first-order chi connectivity index (χ1) is 14.1. The zero-order valence-electron chi connectivity index (χ0n) is 17.5. The van der Waals surface area contributed by atoms with Crippen LogP contribution in [0.2, 0.25) is 0 Å². The molecule has 0 bridgehead atoms. The second-order valence-corrected chi connectivity index (χ2v) is 6.95. The molecular weight excluding hydrogens is 364 g/mol. The van der Waals surface area contributed by atoms with Crippen LogP contribution < -0.4 is 9.47 Å². The van der Waals surface area contributed by atoms with Gasteiger partial charge in [-0.25, -0.2) is 0 Å². The van der Waals surface area contributed by atoms with E-state index >= 15 is 0 Å². The van der Waals surface area contributed by atoms with Gasteiger partial charge in [-0.1, -0.05) is 36.8 Å². The highest BCUT2D eigenvalue weighted by Crippen LogP contribution is 2.33. The van der Waals surface area contributed by atoms with E-state index < -0.39 is 0 Å². The molecule has 0 atom stereocenters. The highest BCUT2D eigenvalue weighted by Gasteiger charge is 2.13. The Morgan fingerprint density at radius 1 is 0.655 bits per heavy atom. The number of methoxy groups -OCH3 is 2. The van der Waals surface area contributed by atoms with Crippen molar-refractivity contribution in [3.05, 3.63) is 82.9 Å². The monoisotopic (exact) mass is 392 g/mol. The molecule has 4 heteroatoms. The molecule has 152 valence electrons. The largest absolute Gasteiger partial charge is 0.457 e. The van der Waals surface area contributed by atoms with Crippen LogP contribution >= 0.6 is 0 Å². The summed E-state index contributed by atoms with van der Waals surface area (Å²) in [4.78, 5) is 0. The maximum absolute atomic E-state index is 6.22. The molecule has 0 aliphatic heterocycles. The van der Waals surface area contributed by atoms with Crippen LogP contribution in [0.5, 0.6) is 23.0 Å². The van der Waals surface area contributed by atoms with Crippen LogP contribution in [-0.4, -0.2) is 14.2 Å². The van der Waals surface area contributed by atoms with Crippen LogP contribution in [-0.2, 0) is 29.1 Å². The molecule has 0 amide bonds. The van der Waals surface area contributed by atoms with E-state index in [1.807, 2.05) is 36.4 Å². The Bertz CT molecular complexity index is 888. The average molecular weight is 392 g/mol. The first-order valence-electron chi connectivity index (χ1n) is 9.78. The predicted molar refractivity (Wildman–Crippen MR) is 115 cm³/mol. The topological polar surface area (TPSA) is 36.9 Å². The average Bonchev–Trinajstić information content (AvgIpc) is 2.73. The summed E-state index contributed by atoms with van der Waals surface area (Å²) in [7, 11) is 3.36. The third-order valence-electron chi connectivity index (χ3n) is 4.60. The number of hydrogen-bond acceptors (Lipinski definition) is 4. The normalized spacial score (nSPS) is 10.8. The van der Waals surface area contributed by atoms with Gasteiger partial charge in [-0.15, -0.1) is 0 Å². The smallest absolute Gasteiger partial charge is 0.138 e. The van der Waals surface area contributed by atoms with Crippen molar-refractivity contribution < 1.29 is 18.9 Å². The molecule has 29 heavy (non-hydrogen) atoms. The predicted octanol–water partition coefficient (Wildman–Crippen LogP) is 6.43. The zero-order chi connectivity index (χ0) is 20.6. The highest BCUT2D eigenvalue weighted by molar-refractivity contribution is 5.47. The Labute approximate surface area is 173 Å². The van der Waals surface area contributed by atoms with E-state index in [1.165, 1.54) is 5.56 Å². The Kier molecular flexibility index (Phi) is 7.28. The lowest BCUT2D eigenvalue weighted by molar-refractivity contribution is 0.175. The van der Waals surface area contributed by atoms with Gasteiger partial charge in [0, 0.05) is 25.3 Å². The molecule has 0 unspecified atom stereocenters. The molecule has 0 heterocycles. The Balaban J connectivity index is 1.78. The van der Waals surface area contributed by atoms with Gasteiger partial charge in [-0.2, -0.15) is 0 Å². The number of rotatable bonds is 9. The lowest BCUT2D eigenvalue weighted by Gasteiger charge is -2.17. The Morgan fingerprint density at radius 2 is 1.10 bits per heavy atom. The minimum atomic E-state index is 0.475. The van der Waals surface area contributed by atoms with Crippen molar-refractivity contribution in [2.75, 3.05) is 14.2 Å². The summed E-state index contributed by atoms with van der Waals surface area (Å²) in [6, 6.07) is 19.9. The van der Waals surface area contributed by atoms with E-state index in [9.17, 15) is 0 Å². The number of aryl methyl sites for hydroxylation is 2. The van der Waals surface area contributed by atoms with Crippen molar-refractivity contribution >= 4 is 0 Å². The van der Waals surface area contributed by atoms with Crippen LogP contribution in [0, 0.1) is 6.92 Å². The van der Waals surface area contributed by atoms with Gasteiger partial charge in [0.05, 0.1) is 13.2 Å². The minimum Gasteiger partial charge on any atom is -0.457 e. The van der Waals surface area contributed by atoms with Crippen LogP contribution in [0.3, 0.4) is 0 Å². The van der Waals surface area contributed by atoms with Crippen LogP contribution in [0.25, 0.3) is 0 Å². The minimum absolute atomic E-state index is 0.475. The molecule has 3 rings (SSSR count). The Hall–Kier alpha value is -2.82. The molecule has 0 aromatic heterocycles. The lowest BCUT2D eigenvalue weighted by Crippen LogP contribution is -2.01. The summed E-state index contributed by atoms with van der Waals surface area (Å²) in [5.41, 5.74) is 4.43. The van der Waals surface area contributed by atoms with E-state index in [0.29, 0.717) is 13.2 Å². The summed E-state index contributed by atoms with van der Waals surface area (Å²) < 4.78 is 22.9. The third-order valence-corrected chi connectivity index (χ3v) is 4.60.